The second-order valence-electron chi connectivity index (χ2n) is 11.9. The summed E-state index contributed by atoms with van der Waals surface area (Å²) in [6, 6.07) is 18.0. The first-order valence-electron chi connectivity index (χ1n) is 14.0. The van der Waals surface area contributed by atoms with Gasteiger partial charge < -0.3 is 9.47 Å². The van der Waals surface area contributed by atoms with Crippen molar-refractivity contribution in [3.05, 3.63) is 60.7 Å². The van der Waals surface area contributed by atoms with Crippen molar-refractivity contribution in [2.75, 3.05) is 0 Å². The molecule has 0 spiro atoms. The van der Waals surface area contributed by atoms with Gasteiger partial charge in [-0.25, -0.2) is 0 Å². The largest absolute Gasteiger partial charge is 0.427 e. The van der Waals surface area contributed by atoms with Crippen molar-refractivity contribution < 1.29 is 28.7 Å². The molecule has 6 nitrogen and oxygen atoms in total. The minimum atomic E-state index is -0.272. The lowest BCUT2D eigenvalue weighted by Gasteiger charge is -2.23. The number of ketones is 2. The predicted molar refractivity (Wildman–Crippen MR) is 153 cm³/mol. The van der Waals surface area contributed by atoms with Crippen molar-refractivity contribution >= 4 is 23.5 Å². The SMILES string of the molecule is CC(C)(CCCC(=O)CCCC(=O)CCCC(C)(C)CC(=O)Oc1ccccc1)CC(=O)Oc1ccccc1. The van der Waals surface area contributed by atoms with Crippen LogP contribution in [0.15, 0.2) is 60.7 Å². The Morgan fingerprint density at radius 2 is 0.872 bits per heavy atom. The summed E-state index contributed by atoms with van der Waals surface area (Å²) < 4.78 is 10.8. The third kappa shape index (κ3) is 14.4. The first kappa shape index (κ1) is 31.9. The van der Waals surface area contributed by atoms with E-state index in [1.54, 1.807) is 24.3 Å². The molecule has 0 heterocycles. The Hall–Kier alpha value is -3.28. The van der Waals surface area contributed by atoms with Crippen molar-refractivity contribution in [1.29, 1.82) is 0 Å². The van der Waals surface area contributed by atoms with Crippen LogP contribution in [0.3, 0.4) is 0 Å². The number of ether oxygens (including phenoxy) is 2. The molecule has 0 aliphatic heterocycles. The molecule has 0 unspecified atom stereocenters. The number of hydrogen-bond donors (Lipinski definition) is 0. The van der Waals surface area contributed by atoms with Crippen molar-refractivity contribution in [2.45, 2.75) is 98.3 Å². The molecule has 0 bridgehead atoms. The summed E-state index contributed by atoms with van der Waals surface area (Å²) in [6.07, 6.45) is 5.77. The van der Waals surface area contributed by atoms with Gasteiger partial charge in [-0.15, -0.1) is 0 Å². The Bertz CT molecular complexity index is 971. The summed E-state index contributed by atoms with van der Waals surface area (Å²) in [6.45, 7) is 8.04. The van der Waals surface area contributed by atoms with Crippen molar-refractivity contribution in [3.63, 3.8) is 0 Å². The van der Waals surface area contributed by atoms with Crippen LogP contribution in [0.25, 0.3) is 0 Å². The maximum absolute atomic E-state index is 12.3. The fourth-order valence-electron chi connectivity index (χ4n) is 4.53. The highest BCUT2D eigenvalue weighted by atomic mass is 16.5. The summed E-state index contributed by atoms with van der Waals surface area (Å²) in [5.41, 5.74) is -0.512. The Morgan fingerprint density at radius 3 is 1.23 bits per heavy atom. The van der Waals surface area contributed by atoms with Crippen LogP contribution >= 0.6 is 0 Å². The quantitative estimate of drug-likeness (QED) is 0.143. The lowest BCUT2D eigenvalue weighted by molar-refractivity contribution is -0.137. The zero-order valence-electron chi connectivity index (χ0n) is 24.0. The number of Topliss-reactive ketones (excluding diaryl/α,β-unsaturated/α-hetero) is 2. The van der Waals surface area contributed by atoms with Crippen LogP contribution in [0.1, 0.15) is 98.3 Å². The van der Waals surface area contributed by atoms with Crippen LogP contribution < -0.4 is 9.47 Å². The Labute approximate surface area is 233 Å². The van der Waals surface area contributed by atoms with Gasteiger partial charge in [0.05, 0.1) is 12.8 Å². The van der Waals surface area contributed by atoms with E-state index in [0.717, 1.165) is 12.8 Å². The lowest BCUT2D eigenvalue weighted by Crippen LogP contribution is -2.21. The van der Waals surface area contributed by atoms with Crippen LogP contribution in [-0.4, -0.2) is 23.5 Å². The molecule has 0 N–H and O–H groups in total. The fraction of sp³-hybridized carbons (Fsp3) is 0.515. The van der Waals surface area contributed by atoms with Crippen LogP contribution in [-0.2, 0) is 19.2 Å². The summed E-state index contributed by atoms with van der Waals surface area (Å²) >= 11 is 0. The van der Waals surface area contributed by atoms with Crippen LogP contribution in [0, 0.1) is 10.8 Å². The number of hydrogen-bond acceptors (Lipinski definition) is 6. The molecular formula is C33H44O6. The van der Waals surface area contributed by atoms with Crippen molar-refractivity contribution in [2.24, 2.45) is 10.8 Å². The molecule has 0 saturated carbocycles. The maximum atomic E-state index is 12.3. The van der Waals surface area contributed by atoms with Gasteiger partial charge in [0.1, 0.15) is 23.1 Å². The minimum absolute atomic E-state index is 0.156. The van der Waals surface area contributed by atoms with Gasteiger partial charge in [0, 0.05) is 25.7 Å². The van der Waals surface area contributed by atoms with E-state index in [4.69, 9.17) is 9.47 Å². The molecule has 212 valence electrons. The monoisotopic (exact) mass is 536 g/mol. The molecule has 2 rings (SSSR count). The number of esters is 2. The molecular weight excluding hydrogens is 492 g/mol. The highest BCUT2D eigenvalue weighted by Gasteiger charge is 2.24. The molecule has 2 aromatic rings. The van der Waals surface area contributed by atoms with E-state index in [-0.39, 0.29) is 47.2 Å². The van der Waals surface area contributed by atoms with Crippen molar-refractivity contribution in [3.8, 4) is 11.5 Å². The molecule has 0 atom stereocenters. The molecule has 0 saturated heterocycles. The molecule has 39 heavy (non-hydrogen) atoms. The Kier molecular flexibility index (Phi) is 13.1. The molecule has 6 heteroatoms. The van der Waals surface area contributed by atoms with Crippen LogP contribution in [0.5, 0.6) is 11.5 Å². The fourth-order valence-corrected chi connectivity index (χ4v) is 4.53. The smallest absolute Gasteiger partial charge is 0.311 e. The van der Waals surface area contributed by atoms with Gasteiger partial charge >= 0.3 is 11.9 Å². The zero-order valence-corrected chi connectivity index (χ0v) is 24.0. The van der Waals surface area contributed by atoms with E-state index in [0.29, 0.717) is 56.4 Å². The third-order valence-electron chi connectivity index (χ3n) is 6.73. The van der Waals surface area contributed by atoms with Gasteiger partial charge in [-0.3, -0.25) is 19.2 Å². The summed E-state index contributed by atoms with van der Waals surface area (Å²) in [5, 5.41) is 0. The highest BCUT2D eigenvalue weighted by Crippen LogP contribution is 2.30. The molecule has 0 fully saturated rings. The van der Waals surface area contributed by atoms with Crippen LogP contribution in [0.2, 0.25) is 0 Å². The van der Waals surface area contributed by atoms with Gasteiger partial charge in [0.2, 0.25) is 0 Å². The standard InChI is InChI=1S/C33H44O6/c1-32(2,24-30(36)38-28-18-7-5-8-19-28)22-12-16-26(34)14-11-15-27(35)17-13-23-33(3,4)25-31(37)39-29-20-9-6-10-21-29/h5-10,18-21H,11-17,22-25H2,1-4H3. The average Bonchev–Trinajstić information content (AvgIpc) is 2.84. The van der Waals surface area contributed by atoms with E-state index in [2.05, 4.69) is 0 Å². The molecule has 0 aliphatic rings. The van der Waals surface area contributed by atoms with E-state index in [1.165, 1.54) is 0 Å². The predicted octanol–water partition coefficient (Wildman–Crippen LogP) is 7.68. The number of carbonyl (C=O) groups excluding carboxylic acids is 4. The second-order valence-corrected chi connectivity index (χ2v) is 11.9. The minimum Gasteiger partial charge on any atom is -0.427 e. The number of benzene rings is 2. The summed E-state index contributed by atoms with van der Waals surface area (Å²) in [5.74, 6) is 0.843. The number of rotatable bonds is 18. The molecule has 0 aliphatic carbocycles. The average molecular weight is 537 g/mol. The van der Waals surface area contributed by atoms with Crippen LogP contribution in [0.4, 0.5) is 0 Å². The first-order chi connectivity index (χ1) is 18.4. The van der Waals surface area contributed by atoms with Gasteiger partial charge in [0.15, 0.2) is 0 Å². The first-order valence-corrected chi connectivity index (χ1v) is 14.0. The Morgan fingerprint density at radius 1 is 0.538 bits per heavy atom. The van der Waals surface area contributed by atoms with E-state index in [1.807, 2.05) is 64.1 Å². The highest BCUT2D eigenvalue weighted by molar-refractivity contribution is 5.81. The van der Waals surface area contributed by atoms with Gasteiger partial charge in [-0.05, 0) is 67.2 Å². The topological polar surface area (TPSA) is 86.7 Å². The maximum Gasteiger partial charge on any atom is 0.311 e. The van der Waals surface area contributed by atoms with Gasteiger partial charge in [0.25, 0.3) is 0 Å². The number of carbonyl (C=O) groups is 4. The zero-order chi connectivity index (χ0) is 28.7. The molecule has 0 aromatic heterocycles. The summed E-state index contributed by atoms with van der Waals surface area (Å²) in [4.78, 5) is 49.1. The van der Waals surface area contributed by atoms with E-state index in [9.17, 15) is 19.2 Å². The molecule has 0 radical (unpaired) electrons. The van der Waals surface area contributed by atoms with Crippen molar-refractivity contribution in [1.82, 2.24) is 0 Å². The molecule has 0 amide bonds. The molecule has 2 aromatic carbocycles. The van der Waals surface area contributed by atoms with Gasteiger partial charge in [-0.2, -0.15) is 0 Å². The summed E-state index contributed by atoms with van der Waals surface area (Å²) in [7, 11) is 0. The van der Waals surface area contributed by atoms with Gasteiger partial charge in [-0.1, -0.05) is 64.1 Å². The van der Waals surface area contributed by atoms with E-state index >= 15 is 0 Å². The third-order valence-corrected chi connectivity index (χ3v) is 6.73. The lowest BCUT2D eigenvalue weighted by atomic mass is 9.83. The Balaban J connectivity index is 1.55. The normalized spacial score (nSPS) is 11.6. The van der Waals surface area contributed by atoms with E-state index < -0.39 is 0 Å². The second kappa shape index (κ2) is 16.0. The number of para-hydroxylation sites is 2.